The maximum absolute atomic E-state index is 11.7. The molecular formula is C16H26O2. The number of carbonyl (C=O) groups is 1. The molecule has 0 amide bonds. The van der Waals surface area contributed by atoms with E-state index < -0.39 is 0 Å². The third-order valence-corrected chi connectivity index (χ3v) is 4.02. The Kier molecular flexibility index (Phi) is 5.27. The van der Waals surface area contributed by atoms with Gasteiger partial charge in [-0.3, -0.25) is 4.79 Å². The molecule has 2 heteroatoms. The first-order valence-electron chi connectivity index (χ1n) is 7.66. The van der Waals surface area contributed by atoms with Crippen LogP contribution in [0.1, 0.15) is 64.7 Å². The Labute approximate surface area is 111 Å². The van der Waals surface area contributed by atoms with E-state index in [-0.39, 0.29) is 18.0 Å². The minimum Gasteiger partial charge on any atom is -0.462 e. The summed E-state index contributed by atoms with van der Waals surface area (Å²) in [6, 6.07) is 0. The highest BCUT2D eigenvalue weighted by atomic mass is 16.5. The molecule has 2 unspecified atom stereocenters. The Hall–Kier alpha value is -0.790. The number of carbonyl (C=O) groups excluding carboxylic acids is 1. The second-order valence-corrected chi connectivity index (χ2v) is 5.82. The molecule has 0 aliphatic heterocycles. The van der Waals surface area contributed by atoms with Crippen molar-refractivity contribution >= 4 is 5.97 Å². The molecule has 0 heterocycles. The zero-order valence-corrected chi connectivity index (χ0v) is 11.6. The van der Waals surface area contributed by atoms with Crippen molar-refractivity contribution in [1.29, 1.82) is 0 Å². The number of esters is 1. The van der Waals surface area contributed by atoms with E-state index in [0.717, 1.165) is 38.0 Å². The van der Waals surface area contributed by atoms with Crippen LogP contribution >= 0.6 is 0 Å². The van der Waals surface area contributed by atoms with Gasteiger partial charge in [-0.1, -0.05) is 25.5 Å². The lowest BCUT2D eigenvalue weighted by atomic mass is 9.90. The lowest BCUT2D eigenvalue weighted by molar-refractivity contribution is -0.151. The third-order valence-electron chi connectivity index (χ3n) is 4.02. The quantitative estimate of drug-likeness (QED) is 0.499. The molecule has 0 aromatic carbocycles. The van der Waals surface area contributed by atoms with Gasteiger partial charge in [0.15, 0.2) is 0 Å². The molecule has 0 bridgehead atoms. The average Bonchev–Trinajstić information content (AvgIpc) is 3.22. The summed E-state index contributed by atoms with van der Waals surface area (Å²) >= 11 is 0. The fraction of sp³-hybridized carbons (Fsp3) is 0.812. The second-order valence-electron chi connectivity index (χ2n) is 5.82. The standard InChI is InChI=1S/C16H26O2/c1-2-6-15(18-16(17)14-10-11-14)12-9-13-7-4-3-5-8-13/h4,7,13-15H,2-3,5-6,8-12H2,1H3. The normalized spacial score (nSPS) is 24.8. The molecule has 102 valence electrons. The second kappa shape index (κ2) is 6.96. The summed E-state index contributed by atoms with van der Waals surface area (Å²) in [7, 11) is 0. The fourth-order valence-electron chi connectivity index (χ4n) is 2.69. The van der Waals surface area contributed by atoms with Gasteiger partial charge in [0.05, 0.1) is 5.92 Å². The van der Waals surface area contributed by atoms with Crippen LogP contribution in [0.5, 0.6) is 0 Å². The Morgan fingerprint density at radius 3 is 2.78 bits per heavy atom. The number of allylic oxidation sites excluding steroid dienone is 2. The van der Waals surface area contributed by atoms with Gasteiger partial charge < -0.3 is 4.74 Å². The number of hydrogen-bond donors (Lipinski definition) is 0. The summed E-state index contributed by atoms with van der Waals surface area (Å²) in [4.78, 5) is 11.7. The largest absolute Gasteiger partial charge is 0.462 e. The van der Waals surface area contributed by atoms with Gasteiger partial charge >= 0.3 is 5.97 Å². The van der Waals surface area contributed by atoms with E-state index in [1.54, 1.807) is 0 Å². The topological polar surface area (TPSA) is 26.3 Å². The lowest BCUT2D eigenvalue weighted by Gasteiger charge is -2.21. The molecule has 0 spiro atoms. The van der Waals surface area contributed by atoms with Crippen LogP contribution in [0, 0.1) is 11.8 Å². The van der Waals surface area contributed by atoms with Crippen molar-refractivity contribution < 1.29 is 9.53 Å². The molecule has 2 nitrogen and oxygen atoms in total. The molecule has 2 aliphatic rings. The molecular weight excluding hydrogens is 224 g/mol. The number of rotatable bonds is 7. The first-order valence-corrected chi connectivity index (χ1v) is 7.66. The van der Waals surface area contributed by atoms with Crippen molar-refractivity contribution in [3.05, 3.63) is 12.2 Å². The van der Waals surface area contributed by atoms with Gasteiger partial charge in [0.25, 0.3) is 0 Å². The Morgan fingerprint density at radius 2 is 2.17 bits per heavy atom. The van der Waals surface area contributed by atoms with Crippen LogP contribution in [-0.4, -0.2) is 12.1 Å². The van der Waals surface area contributed by atoms with Crippen LogP contribution in [0.15, 0.2) is 12.2 Å². The van der Waals surface area contributed by atoms with E-state index in [1.165, 1.54) is 25.7 Å². The molecule has 1 saturated carbocycles. The lowest BCUT2D eigenvalue weighted by Crippen LogP contribution is -2.20. The van der Waals surface area contributed by atoms with Crippen LogP contribution in [0.25, 0.3) is 0 Å². The van der Waals surface area contributed by atoms with Crippen molar-refractivity contribution in [3.8, 4) is 0 Å². The van der Waals surface area contributed by atoms with Gasteiger partial charge in [-0.15, -0.1) is 0 Å². The van der Waals surface area contributed by atoms with Gasteiger partial charge in [0.1, 0.15) is 6.10 Å². The van der Waals surface area contributed by atoms with Crippen LogP contribution < -0.4 is 0 Å². The van der Waals surface area contributed by atoms with Crippen molar-refractivity contribution in [2.75, 3.05) is 0 Å². The molecule has 0 N–H and O–H groups in total. The number of ether oxygens (including phenoxy) is 1. The van der Waals surface area contributed by atoms with Gasteiger partial charge in [0, 0.05) is 0 Å². The monoisotopic (exact) mass is 250 g/mol. The molecule has 0 radical (unpaired) electrons. The Balaban J connectivity index is 1.72. The summed E-state index contributed by atoms with van der Waals surface area (Å²) in [6.45, 7) is 2.17. The molecule has 0 aromatic rings. The molecule has 2 atom stereocenters. The van der Waals surface area contributed by atoms with Crippen molar-refractivity contribution in [3.63, 3.8) is 0 Å². The molecule has 18 heavy (non-hydrogen) atoms. The fourth-order valence-corrected chi connectivity index (χ4v) is 2.69. The smallest absolute Gasteiger partial charge is 0.309 e. The number of hydrogen-bond acceptors (Lipinski definition) is 2. The first-order chi connectivity index (χ1) is 8.79. The molecule has 2 rings (SSSR count). The van der Waals surface area contributed by atoms with Crippen LogP contribution in [-0.2, 0) is 9.53 Å². The van der Waals surface area contributed by atoms with Crippen LogP contribution in [0.3, 0.4) is 0 Å². The van der Waals surface area contributed by atoms with Crippen molar-refractivity contribution in [1.82, 2.24) is 0 Å². The van der Waals surface area contributed by atoms with Crippen molar-refractivity contribution in [2.45, 2.75) is 70.8 Å². The summed E-state index contributed by atoms with van der Waals surface area (Å²) in [5, 5.41) is 0. The third kappa shape index (κ3) is 4.47. The molecule has 2 aliphatic carbocycles. The summed E-state index contributed by atoms with van der Waals surface area (Å²) in [6.07, 6.45) is 15.1. The van der Waals surface area contributed by atoms with E-state index in [4.69, 9.17) is 4.74 Å². The zero-order valence-electron chi connectivity index (χ0n) is 11.6. The Bertz CT molecular complexity index is 291. The van der Waals surface area contributed by atoms with E-state index in [1.807, 2.05) is 0 Å². The van der Waals surface area contributed by atoms with Gasteiger partial charge in [-0.2, -0.15) is 0 Å². The van der Waals surface area contributed by atoms with E-state index >= 15 is 0 Å². The highest BCUT2D eigenvalue weighted by molar-refractivity contribution is 5.75. The van der Waals surface area contributed by atoms with Gasteiger partial charge in [-0.25, -0.2) is 0 Å². The summed E-state index contributed by atoms with van der Waals surface area (Å²) < 4.78 is 5.64. The van der Waals surface area contributed by atoms with Crippen LogP contribution in [0.2, 0.25) is 0 Å². The maximum atomic E-state index is 11.7. The maximum Gasteiger partial charge on any atom is 0.309 e. The van der Waals surface area contributed by atoms with Gasteiger partial charge in [0.2, 0.25) is 0 Å². The minimum absolute atomic E-state index is 0.0626. The van der Waals surface area contributed by atoms with Crippen LogP contribution in [0.4, 0.5) is 0 Å². The zero-order chi connectivity index (χ0) is 12.8. The molecule has 1 fully saturated rings. The first kappa shape index (κ1) is 13.6. The van der Waals surface area contributed by atoms with E-state index in [9.17, 15) is 4.79 Å². The van der Waals surface area contributed by atoms with Crippen molar-refractivity contribution in [2.24, 2.45) is 11.8 Å². The predicted octanol–water partition coefficient (Wildman–Crippen LogP) is 4.24. The molecule has 0 aromatic heterocycles. The van der Waals surface area contributed by atoms with Gasteiger partial charge in [-0.05, 0) is 57.3 Å². The SMILES string of the molecule is CCCC(CCC1C=CCCC1)OC(=O)C1CC1. The van der Waals surface area contributed by atoms with E-state index in [2.05, 4.69) is 19.1 Å². The minimum atomic E-state index is 0.0626. The average molecular weight is 250 g/mol. The predicted molar refractivity (Wildman–Crippen MR) is 73.2 cm³/mol. The van der Waals surface area contributed by atoms with E-state index in [0.29, 0.717) is 0 Å². The molecule has 0 saturated heterocycles. The highest BCUT2D eigenvalue weighted by Gasteiger charge is 2.32. The Morgan fingerprint density at radius 1 is 1.33 bits per heavy atom. The summed E-state index contributed by atoms with van der Waals surface area (Å²) in [5.74, 6) is 1.02. The highest BCUT2D eigenvalue weighted by Crippen LogP contribution is 2.31. The summed E-state index contributed by atoms with van der Waals surface area (Å²) in [5.41, 5.74) is 0.